The van der Waals surface area contributed by atoms with Gasteiger partial charge in [0.15, 0.2) is 0 Å². The van der Waals surface area contributed by atoms with E-state index in [4.69, 9.17) is 4.74 Å². The van der Waals surface area contributed by atoms with Gasteiger partial charge in [0.05, 0.1) is 16.9 Å². The number of hydrogen-bond acceptors (Lipinski definition) is 3. The summed E-state index contributed by atoms with van der Waals surface area (Å²) in [6, 6.07) is 5.67. The summed E-state index contributed by atoms with van der Waals surface area (Å²) in [7, 11) is 0. The van der Waals surface area contributed by atoms with Gasteiger partial charge in [0, 0.05) is 17.1 Å². The van der Waals surface area contributed by atoms with Gasteiger partial charge in [0.25, 0.3) is 0 Å². The molecule has 1 aliphatic heterocycles. The molecule has 0 aliphatic carbocycles. The Hall–Kier alpha value is -1.07. The Morgan fingerprint density at radius 3 is 2.81 bits per heavy atom. The van der Waals surface area contributed by atoms with E-state index in [0.29, 0.717) is 15.7 Å². The number of rotatable bonds is 5. The van der Waals surface area contributed by atoms with E-state index < -0.39 is 5.97 Å². The summed E-state index contributed by atoms with van der Waals surface area (Å²) in [4.78, 5) is 11.4. The molecule has 0 spiro atoms. The van der Waals surface area contributed by atoms with Gasteiger partial charge >= 0.3 is 5.97 Å². The maximum absolute atomic E-state index is 11.4. The van der Waals surface area contributed by atoms with Crippen LogP contribution in [0.5, 0.6) is 0 Å². The zero-order chi connectivity index (χ0) is 15.5. The number of benzene rings is 1. The van der Waals surface area contributed by atoms with Crippen LogP contribution < -0.4 is 5.32 Å². The van der Waals surface area contributed by atoms with Crippen LogP contribution in [0.4, 0.5) is 5.69 Å². The van der Waals surface area contributed by atoms with Crippen LogP contribution in [0.15, 0.2) is 22.7 Å². The van der Waals surface area contributed by atoms with Gasteiger partial charge in [-0.05, 0) is 53.7 Å². The average molecular weight is 356 g/mol. The second-order valence-electron chi connectivity index (χ2n) is 5.54. The fraction of sp³-hybridized carbons (Fsp3) is 0.562. The number of hydrogen-bond donors (Lipinski definition) is 2. The molecule has 0 bridgehead atoms. The molecule has 0 saturated carbocycles. The molecule has 0 radical (unpaired) electrons. The van der Waals surface area contributed by atoms with E-state index in [-0.39, 0.29) is 11.6 Å². The molecular weight excluding hydrogens is 334 g/mol. The van der Waals surface area contributed by atoms with Crippen molar-refractivity contribution in [3.8, 4) is 0 Å². The van der Waals surface area contributed by atoms with Crippen molar-refractivity contribution >= 4 is 27.6 Å². The van der Waals surface area contributed by atoms with Crippen LogP contribution in [-0.4, -0.2) is 29.3 Å². The van der Waals surface area contributed by atoms with E-state index in [1.54, 1.807) is 6.07 Å². The summed E-state index contributed by atoms with van der Waals surface area (Å²) in [5.41, 5.74) is 0.887. The SMILES string of the molecule is CCC1(CC)CC(Nc2cccc(Br)c2C(=O)O)CCO1. The largest absolute Gasteiger partial charge is 0.478 e. The fourth-order valence-corrected chi connectivity index (χ4v) is 3.51. The summed E-state index contributed by atoms with van der Waals surface area (Å²) in [5, 5.41) is 12.8. The molecule has 1 atom stereocenters. The van der Waals surface area contributed by atoms with E-state index in [2.05, 4.69) is 35.1 Å². The Morgan fingerprint density at radius 1 is 1.48 bits per heavy atom. The Labute approximate surface area is 134 Å². The summed E-state index contributed by atoms with van der Waals surface area (Å²) >= 11 is 3.32. The van der Waals surface area contributed by atoms with Crippen LogP contribution in [0.1, 0.15) is 49.9 Å². The highest BCUT2D eigenvalue weighted by Crippen LogP contribution is 2.34. The molecule has 21 heavy (non-hydrogen) atoms. The van der Waals surface area contributed by atoms with Gasteiger partial charge in [-0.1, -0.05) is 19.9 Å². The van der Waals surface area contributed by atoms with Crippen LogP contribution in [-0.2, 0) is 4.74 Å². The smallest absolute Gasteiger partial charge is 0.338 e. The number of carboxylic acid groups (broad SMARTS) is 1. The minimum atomic E-state index is -0.922. The van der Waals surface area contributed by atoms with Crippen molar-refractivity contribution in [1.82, 2.24) is 0 Å². The number of anilines is 1. The van der Waals surface area contributed by atoms with Crippen molar-refractivity contribution in [1.29, 1.82) is 0 Å². The maximum atomic E-state index is 11.4. The number of ether oxygens (including phenoxy) is 1. The third kappa shape index (κ3) is 3.58. The number of nitrogens with one attached hydrogen (secondary N) is 1. The lowest BCUT2D eigenvalue weighted by atomic mass is 9.85. The average Bonchev–Trinajstić information content (AvgIpc) is 2.47. The van der Waals surface area contributed by atoms with E-state index >= 15 is 0 Å². The second kappa shape index (κ2) is 6.79. The van der Waals surface area contributed by atoms with Crippen LogP contribution in [0.3, 0.4) is 0 Å². The molecule has 5 heteroatoms. The van der Waals surface area contributed by atoms with Crippen LogP contribution in [0.2, 0.25) is 0 Å². The van der Waals surface area contributed by atoms with E-state index in [0.717, 1.165) is 32.3 Å². The number of halogens is 1. The van der Waals surface area contributed by atoms with Gasteiger partial charge < -0.3 is 15.2 Å². The van der Waals surface area contributed by atoms with Crippen molar-refractivity contribution in [2.24, 2.45) is 0 Å². The predicted molar refractivity (Wildman–Crippen MR) is 87.0 cm³/mol. The standard InChI is InChI=1S/C16H22BrNO3/c1-3-16(4-2)10-11(8-9-21-16)18-13-7-5-6-12(17)14(13)15(19)20/h5-7,11,18H,3-4,8-10H2,1-2H3,(H,19,20). The van der Waals surface area contributed by atoms with Crippen LogP contribution in [0, 0.1) is 0 Å². The van der Waals surface area contributed by atoms with Crippen molar-refractivity contribution < 1.29 is 14.6 Å². The molecule has 1 aromatic rings. The topological polar surface area (TPSA) is 58.6 Å². The Balaban J connectivity index is 2.19. The molecule has 1 fully saturated rings. The minimum Gasteiger partial charge on any atom is -0.478 e. The van der Waals surface area contributed by atoms with Gasteiger partial charge in [-0.15, -0.1) is 0 Å². The number of carboxylic acids is 1. The lowest BCUT2D eigenvalue weighted by Crippen LogP contribution is -2.43. The first-order valence-electron chi connectivity index (χ1n) is 7.43. The molecule has 1 aliphatic rings. The van der Waals surface area contributed by atoms with E-state index in [1.165, 1.54) is 0 Å². The number of aromatic carboxylic acids is 1. The monoisotopic (exact) mass is 355 g/mol. The quantitative estimate of drug-likeness (QED) is 0.826. The number of carbonyl (C=O) groups is 1. The van der Waals surface area contributed by atoms with Gasteiger partial charge in [-0.2, -0.15) is 0 Å². The minimum absolute atomic E-state index is 0.0781. The van der Waals surface area contributed by atoms with Crippen molar-refractivity contribution in [3.63, 3.8) is 0 Å². The van der Waals surface area contributed by atoms with Crippen LogP contribution >= 0.6 is 15.9 Å². The zero-order valence-corrected chi connectivity index (χ0v) is 14.1. The molecule has 116 valence electrons. The van der Waals surface area contributed by atoms with Gasteiger partial charge in [0.2, 0.25) is 0 Å². The summed E-state index contributed by atoms with van der Waals surface area (Å²) in [6.45, 7) is 5.01. The predicted octanol–water partition coefficient (Wildman–Crippen LogP) is 4.30. The molecule has 1 saturated heterocycles. The molecule has 0 aromatic heterocycles. The van der Waals surface area contributed by atoms with Crippen molar-refractivity contribution in [2.75, 3.05) is 11.9 Å². The highest BCUT2D eigenvalue weighted by Gasteiger charge is 2.34. The lowest BCUT2D eigenvalue weighted by Gasteiger charge is -2.40. The second-order valence-corrected chi connectivity index (χ2v) is 6.39. The third-order valence-electron chi connectivity index (χ3n) is 4.37. The first-order chi connectivity index (χ1) is 10.0. The maximum Gasteiger partial charge on any atom is 0.338 e. The van der Waals surface area contributed by atoms with E-state index in [1.807, 2.05) is 12.1 Å². The highest BCUT2D eigenvalue weighted by atomic mass is 79.9. The Morgan fingerprint density at radius 2 is 2.19 bits per heavy atom. The van der Waals surface area contributed by atoms with Crippen molar-refractivity contribution in [2.45, 2.75) is 51.2 Å². The molecule has 0 amide bonds. The molecule has 4 nitrogen and oxygen atoms in total. The molecule has 1 heterocycles. The normalized spacial score (nSPS) is 21.0. The first kappa shape index (κ1) is 16.3. The van der Waals surface area contributed by atoms with Gasteiger partial charge in [0.1, 0.15) is 0 Å². The molecular formula is C16H22BrNO3. The first-order valence-corrected chi connectivity index (χ1v) is 8.23. The molecule has 2 rings (SSSR count). The Kier molecular flexibility index (Phi) is 5.27. The van der Waals surface area contributed by atoms with Crippen LogP contribution in [0.25, 0.3) is 0 Å². The highest BCUT2D eigenvalue weighted by molar-refractivity contribution is 9.10. The summed E-state index contributed by atoms with van der Waals surface area (Å²) in [5.74, 6) is -0.922. The summed E-state index contributed by atoms with van der Waals surface area (Å²) in [6.07, 6.45) is 3.76. The van der Waals surface area contributed by atoms with E-state index in [9.17, 15) is 9.90 Å². The zero-order valence-electron chi connectivity index (χ0n) is 12.5. The lowest BCUT2D eigenvalue weighted by molar-refractivity contribution is -0.0864. The molecule has 1 aromatic carbocycles. The van der Waals surface area contributed by atoms with Crippen molar-refractivity contribution in [3.05, 3.63) is 28.2 Å². The molecule has 2 N–H and O–H groups in total. The fourth-order valence-electron chi connectivity index (χ4n) is 2.98. The van der Waals surface area contributed by atoms with Gasteiger partial charge in [-0.25, -0.2) is 4.79 Å². The third-order valence-corrected chi connectivity index (χ3v) is 5.03. The molecule has 1 unspecified atom stereocenters. The summed E-state index contributed by atoms with van der Waals surface area (Å²) < 4.78 is 6.57. The Bertz CT molecular complexity index is 514. The van der Waals surface area contributed by atoms with Gasteiger partial charge in [-0.3, -0.25) is 0 Å².